The molecule has 1 aromatic heterocycles. The minimum absolute atomic E-state index is 0.00591. The molecule has 0 bridgehead atoms. The number of carbonyl (C=O) groups is 1. The number of H-pyrrole nitrogens is 1. The summed E-state index contributed by atoms with van der Waals surface area (Å²) >= 11 is 12.0. The van der Waals surface area contributed by atoms with E-state index in [4.69, 9.17) is 23.2 Å². The summed E-state index contributed by atoms with van der Waals surface area (Å²) in [6.07, 6.45) is 2.64. The Bertz CT molecular complexity index is 1140. The Morgan fingerprint density at radius 1 is 1.00 bits per heavy atom. The first kappa shape index (κ1) is 24.5. The fourth-order valence-corrected chi connectivity index (χ4v) is 4.61. The lowest BCUT2D eigenvalue weighted by Crippen LogP contribution is -2.38. The Morgan fingerprint density at radius 2 is 1.71 bits per heavy atom. The Hall–Kier alpha value is -2.64. The number of anilines is 1. The third kappa shape index (κ3) is 5.88. The molecule has 1 heterocycles. The summed E-state index contributed by atoms with van der Waals surface area (Å²) in [6.45, 7) is 0.790. The molecule has 1 amide bonds. The third-order valence-electron chi connectivity index (χ3n) is 6.20. The molecule has 0 radical (unpaired) electrons. The molecule has 180 valence electrons. The van der Waals surface area contributed by atoms with Gasteiger partial charge in [0, 0.05) is 35.6 Å². The molecule has 1 aliphatic carbocycles. The van der Waals surface area contributed by atoms with E-state index in [0.717, 1.165) is 67.2 Å². The van der Waals surface area contributed by atoms with Gasteiger partial charge in [-0.25, -0.2) is 0 Å². The third-order valence-corrected chi connectivity index (χ3v) is 6.78. The van der Waals surface area contributed by atoms with Crippen LogP contribution in [0.1, 0.15) is 41.6 Å². The van der Waals surface area contributed by atoms with E-state index in [1.807, 2.05) is 36.7 Å². The number of hydrogen-bond donors (Lipinski definition) is 3. The van der Waals surface area contributed by atoms with E-state index in [1.165, 1.54) is 0 Å². The van der Waals surface area contributed by atoms with Crippen molar-refractivity contribution in [3.63, 3.8) is 0 Å². The highest BCUT2D eigenvalue weighted by Crippen LogP contribution is 2.33. The van der Waals surface area contributed by atoms with Crippen molar-refractivity contribution >= 4 is 34.8 Å². The zero-order chi connectivity index (χ0) is 24.3. The van der Waals surface area contributed by atoms with Crippen molar-refractivity contribution in [2.75, 3.05) is 11.9 Å². The molecule has 1 saturated carbocycles. The molecule has 4 nitrogen and oxygen atoms in total. The van der Waals surface area contributed by atoms with Gasteiger partial charge in [-0.2, -0.15) is 13.2 Å². The van der Waals surface area contributed by atoms with E-state index in [1.54, 1.807) is 0 Å². The van der Waals surface area contributed by atoms with Crippen LogP contribution in [-0.2, 0) is 6.18 Å². The van der Waals surface area contributed by atoms with Crippen LogP contribution < -0.4 is 10.6 Å². The van der Waals surface area contributed by atoms with Gasteiger partial charge in [0.05, 0.1) is 21.8 Å². The van der Waals surface area contributed by atoms with Gasteiger partial charge in [-0.15, -0.1) is 0 Å². The monoisotopic (exact) mass is 509 g/mol. The standard InChI is InChI=1S/C25H24Cl2F3N3O/c26-18-6-3-16(4-7-18)21-13-31-14-23(21)32-12-15-1-8-19(9-2-15)33-24(34)20-11-17(25(28,29)30)5-10-22(20)27/h3-7,10-11,13-15,19,31-32H,1-2,8-9,12H2,(H,33,34)/t15-,19-. The molecule has 34 heavy (non-hydrogen) atoms. The van der Waals surface area contributed by atoms with Crippen LogP contribution in [0.3, 0.4) is 0 Å². The summed E-state index contributed by atoms with van der Waals surface area (Å²) in [5.41, 5.74) is 2.10. The lowest BCUT2D eigenvalue weighted by molar-refractivity contribution is -0.137. The van der Waals surface area contributed by atoms with E-state index in [-0.39, 0.29) is 16.6 Å². The summed E-state index contributed by atoms with van der Waals surface area (Å²) < 4.78 is 39.0. The number of alkyl halides is 3. The van der Waals surface area contributed by atoms with E-state index in [2.05, 4.69) is 15.6 Å². The number of aromatic amines is 1. The van der Waals surface area contributed by atoms with Crippen molar-refractivity contribution in [2.24, 2.45) is 5.92 Å². The Labute approximate surface area is 205 Å². The average Bonchev–Trinajstić information content (AvgIpc) is 3.27. The second-order valence-electron chi connectivity index (χ2n) is 8.55. The number of carbonyl (C=O) groups excluding carboxylic acids is 1. The molecule has 3 N–H and O–H groups in total. The average molecular weight is 510 g/mol. The van der Waals surface area contributed by atoms with Crippen molar-refractivity contribution in [1.29, 1.82) is 0 Å². The minimum atomic E-state index is -4.53. The van der Waals surface area contributed by atoms with Gasteiger partial charge in [-0.05, 0) is 67.5 Å². The van der Waals surface area contributed by atoms with E-state index < -0.39 is 17.6 Å². The predicted octanol–water partition coefficient (Wildman–Crippen LogP) is 7.41. The molecule has 0 atom stereocenters. The first-order chi connectivity index (χ1) is 16.2. The van der Waals surface area contributed by atoms with E-state index >= 15 is 0 Å². The molecule has 1 fully saturated rings. The van der Waals surface area contributed by atoms with Crippen molar-refractivity contribution in [3.05, 3.63) is 76.0 Å². The maximum Gasteiger partial charge on any atom is 0.416 e. The molecule has 3 aromatic rings. The largest absolute Gasteiger partial charge is 0.416 e. The number of hydrogen-bond acceptors (Lipinski definition) is 2. The fraction of sp³-hybridized carbons (Fsp3) is 0.320. The maximum atomic E-state index is 13.0. The van der Waals surface area contributed by atoms with Crippen molar-refractivity contribution < 1.29 is 18.0 Å². The maximum absolute atomic E-state index is 13.0. The number of benzene rings is 2. The second kappa shape index (κ2) is 10.3. The SMILES string of the molecule is O=C(N[C@H]1CC[C@H](CNc2c[nH]cc2-c2ccc(Cl)cc2)CC1)c1cc(C(F)(F)F)ccc1Cl. The summed E-state index contributed by atoms with van der Waals surface area (Å²) in [4.78, 5) is 15.7. The number of halogens is 5. The van der Waals surface area contributed by atoms with Crippen LogP contribution in [0.4, 0.5) is 18.9 Å². The van der Waals surface area contributed by atoms with Crippen molar-refractivity contribution in [2.45, 2.75) is 37.9 Å². The summed E-state index contributed by atoms with van der Waals surface area (Å²) in [6, 6.07) is 10.4. The van der Waals surface area contributed by atoms with Crippen LogP contribution in [0.2, 0.25) is 10.0 Å². The molecular formula is C25H24Cl2F3N3O. The number of nitrogens with one attached hydrogen (secondary N) is 3. The van der Waals surface area contributed by atoms with Crippen LogP contribution in [0.25, 0.3) is 11.1 Å². The summed E-state index contributed by atoms with van der Waals surface area (Å²) in [5, 5.41) is 7.06. The van der Waals surface area contributed by atoms with Gasteiger partial charge < -0.3 is 15.6 Å². The normalized spacial score (nSPS) is 18.5. The number of amides is 1. The van der Waals surface area contributed by atoms with Gasteiger partial charge in [-0.3, -0.25) is 4.79 Å². The van der Waals surface area contributed by atoms with Crippen molar-refractivity contribution in [3.8, 4) is 11.1 Å². The zero-order valence-corrected chi connectivity index (χ0v) is 19.7. The van der Waals surface area contributed by atoms with Gasteiger partial charge >= 0.3 is 6.18 Å². The molecule has 1 aliphatic rings. The van der Waals surface area contributed by atoms with Gasteiger partial charge in [0.2, 0.25) is 0 Å². The van der Waals surface area contributed by atoms with Gasteiger partial charge in [0.25, 0.3) is 5.91 Å². The second-order valence-corrected chi connectivity index (χ2v) is 9.40. The molecule has 4 rings (SSSR count). The minimum Gasteiger partial charge on any atom is -0.383 e. The van der Waals surface area contributed by atoms with Gasteiger partial charge in [0.15, 0.2) is 0 Å². The highest BCUT2D eigenvalue weighted by atomic mass is 35.5. The van der Waals surface area contributed by atoms with Crippen LogP contribution >= 0.6 is 23.2 Å². The lowest BCUT2D eigenvalue weighted by atomic mass is 9.85. The lowest BCUT2D eigenvalue weighted by Gasteiger charge is -2.29. The zero-order valence-electron chi connectivity index (χ0n) is 18.2. The summed E-state index contributed by atoms with van der Waals surface area (Å²) in [5.74, 6) is -0.143. The Balaban J connectivity index is 1.29. The predicted molar refractivity (Wildman–Crippen MR) is 129 cm³/mol. The molecule has 0 unspecified atom stereocenters. The molecule has 9 heteroatoms. The first-order valence-electron chi connectivity index (χ1n) is 11.0. The molecule has 2 aromatic carbocycles. The van der Waals surface area contributed by atoms with Crippen LogP contribution in [0.15, 0.2) is 54.9 Å². The molecule has 0 spiro atoms. The first-order valence-corrected chi connectivity index (χ1v) is 11.8. The number of aromatic nitrogens is 1. The topological polar surface area (TPSA) is 56.9 Å². The van der Waals surface area contributed by atoms with Gasteiger partial charge in [0.1, 0.15) is 0 Å². The summed E-state index contributed by atoms with van der Waals surface area (Å²) in [7, 11) is 0. The fourth-order valence-electron chi connectivity index (χ4n) is 4.28. The highest BCUT2D eigenvalue weighted by molar-refractivity contribution is 6.33. The van der Waals surface area contributed by atoms with Crippen molar-refractivity contribution in [1.82, 2.24) is 10.3 Å². The Kier molecular flexibility index (Phi) is 7.43. The van der Waals surface area contributed by atoms with Crippen LogP contribution in [-0.4, -0.2) is 23.5 Å². The Morgan fingerprint density at radius 3 is 2.38 bits per heavy atom. The quantitative estimate of drug-likeness (QED) is 0.324. The van der Waals surface area contributed by atoms with Crippen LogP contribution in [0, 0.1) is 5.92 Å². The van der Waals surface area contributed by atoms with Gasteiger partial charge in [-0.1, -0.05) is 35.3 Å². The van der Waals surface area contributed by atoms with Crippen LogP contribution in [0.5, 0.6) is 0 Å². The highest BCUT2D eigenvalue weighted by Gasteiger charge is 2.32. The molecular weight excluding hydrogens is 486 g/mol. The van der Waals surface area contributed by atoms with E-state index in [9.17, 15) is 18.0 Å². The molecule has 0 aliphatic heterocycles. The smallest absolute Gasteiger partial charge is 0.383 e. The van der Waals surface area contributed by atoms with E-state index in [0.29, 0.717) is 10.9 Å². The molecule has 0 saturated heterocycles. The number of rotatable bonds is 6.